The second-order valence-electron chi connectivity index (χ2n) is 6.04. The summed E-state index contributed by atoms with van der Waals surface area (Å²) in [5.74, 6) is -0.111. The maximum atomic E-state index is 12.1. The van der Waals surface area contributed by atoms with E-state index in [9.17, 15) is 9.90 Å². The number of anilines is 1. The van der Waals surface area contributed by atoms with Gasteiger partial charge in [-0.2, -0.15) is 0 Å². The molecule has 0 unspecified atom stereocenters. The third-order valence-electron chi connectivity index (χ3n) is 4.39. The smallest absolute Gasteiger partial charge is 0.264 e. The zero-order valence-corrected chi connectivity index (χ0v) is 15.2. The molecular formula is C18H22N4O2S. The molecule has 132 valence electrons. The molecule has 1 aromatic carbocycles. The molecule has 0 aliphatic heterocycles. The molecule has 0 amide bonds. The monoisotopic (exact) mass is 358 g/mol. The Morgan fingerprint density at radius 2 is 1.96 bits per heavy atom. The van der Waals surface area contributed by atoms with Crippen molar-refractivity contribution in [1.82, 2.24) is 9.55 Å². The van der Waals surface area contributed by atoms with E-state index in [1.807, 2.05) is 24.3 Å². The lowest BCUT2D eigenvalue weighted by Gasteiger charge is -2.20. The second kappa shape index (κ2) is 7.23. The normalized spacial score (nSPS) is 14.2. The molecule has 0 radical (unpaired) electrons. The third kappa shape index (κ3) is 3.66. The van der Waals surface area contributed by atoms with Crippen molar-refractivity contribution >= 4 is 29.8 Å². The molecule has 1 heterocycles. The van der Waals surface area contributed by atoms with E-state index in [4.69, 9.17) is 12.2 Å². The number of aromatic amines is 1. The molecule has 0 atom stereocenters. The maximum Gasteiger partial charge on any atom is 0.264 e. The Morgan fingerprint density at radius 1 is 1.32 bits per heavy atom. The van der Waals surface area contributed by atoms with Crippen LogP contribution in [0.3, 0.4) is 0 Å². The second-order valence-corrected chi connectivity index (χ2v) is 6.43. The number of aromatic nitrogens is 2. The summed E-state index contributed by atoms with van der Waals surface area (Å²) in [6, 6.07) is 7.96. The van der Waals surface area contributed by atoms with Crippen LogP contribution in [0.4, 0.5) is 11.4 Å². The summed E-state index contributed by atoms with van der Waals surface area (Å²) >= 11 is 5.14. The lowest BCUT2D eigenvalue weighted by molar-refractivity contribution is 0.405. The van der Waals surface area contributed by atoms with Gasteiger partial charge in [0.05, 0.1) is 5.69 Å². The van der Waals surface area contributed by atoms with Crippen LogP contribution in [0, 0.1) is 4.77 Å². The summed E-state index contributed by atoms with van der Waals surface area (Å²) in [7, 11) is 0. The molecule has 1 aromatic heterocycles. The highest BCUT2D eigenvalue weighted by molar-refractivity contribution is 7.71. The van der Waals surface area contributed by atoms with Crippen molar-refractivity contribution in [3.05, 3.63) is 45.0 Å². The highest BCUT2D eigenvalue weighted by Crippen LogP contribution is 2.38. The summed E-state index contributed by atoms with van der Waals surface area (Å²) in [6.07, 6.45) is 3.31. The van der Waals surface area contributed by atoms with Gasteiger partial charge < -0.3 is 10.0 Å². The topological polar surface area (TPSA) is 73.6 Å². The fourth-order valence-corrected chi connectivity index (χ4v) is 3.15. The van der Waals surface area contributed by atoms with Gasteiger partial charge in [0.1, 0.15) is 5.56 Å². The highest BCUT2D eigenvalue weighted by Gasteiger charge is 2.27. The molecule has 7 heteroatoms. The van der Waals surface area contributed by atoms with Gasteiger partial charge >= 0.3 is 0 Å². The molecule has 2 aromatic rings. The number of hydrogen-bond acceptors (Lipinski definition) is 5. The minimum absolute atomic E-state index is 0.111. The Labute approximate surface area is 151 Å². The van der Waals surface area contributed by atoms with E-state index < -0.39 is 5.56 Å². The number of rotatable bonds is 6. The SMILES string of the molecule is CCN(CC)c1ccc(N=Cc2c(O)n(C3CC3)c(=S)[nH]c2=O)cc1. The first kappa shape index (κ1) is 17.4. The van der Waals surface area contributed by atoms with Crippen LogP contribution in [0.15, 0.2) is 34.1 Å². The number of aromatic hydroxyl groups is 1. The lowest BCUT2D eigenvalue weighted by atomic mass is 10.2. The summed E-state index contributed by atoms with van der Waals surface area (Å²) in [4.78, 5) is 21.3. The highest BCUT2D eigenvalue weighted by atomic mass is 32.1. The van der Waals surface area contributed by atoms with Gasteiger partial charge in [0, 0.05) is 31.0 Å². The molecule has 1 fully saturated rings. The van der Waals surface area contributed by atoms with Crippen molar-refractivity contribution in [3.63, 3.8) is 0 Å². The predicted molar refractivity (Wildman–Crippen MR) is 103 cm³/mol. The van der Waals surface area contributed by atoms with Crippen LogP contribution in [-0.4, -0.2) is 34.0 Å². The Hall–Kier alpha value is -2.41. The quantitative estimate of drug-likeness (QED) is 0.612. The Bertz CT molecular complexity index is 891. The molecular weight excluding hydrogens is 336 g/mol. The van der Waals surface area contributed by atoms with E-state index in [2.05, 4.69) is 28.7 Å². The molecule has 0 saturated heterocycles. The van der Waals surface area contributed by atoms with Gasteiger partial charge in [0.15, 0.2) is 4.77 Å². The summed E-state index contributed by atoms with van der Waals surface area (Å²) in [5.41, 5.74) is 1.55. The number of nitrogens with zero attached hydrogens (tertiary/aromatic N) is 3. The molecule has 6 nitrogen and oxygen atoms in total. The van der Waals surface area contributed by atoms with Crippen molar-refractivity contribution in [2.45, 2.75) is 32.7 Å². The fourth-order valence-electron chi connectivity index (χ4n) is 2.82. The standard InChI is InChI=1S/C18H22N4O2S/c1-3-21(4-2)13-7-5-12(6-8-13)19-11-15-16(23)20-18(25)22(17(15)24)14-9-10-14/h5-8,11,14,24H,3-4,9-10H2,1-2H3,(H,20,23,25). The molecule has 1 saturated carbocycles. The average Bonchev–Trinajstić information content (AvgIpc) is 3.41. The molecule has 3 rings (SSSR count). The van der Waals surface area contributed by atoms with Gasteiger partial charge in [0.25, 0.3) is 5.56 Å². The molecule has 0 bridgehead atoms. The molecule has 25 heavy (non-hydrogen) atoms. The number of nitrogens with one attached hydrogen (secondary N) is 1. The van der Waals surface area contributed by atoms with Gasteiger partial charge in [-0.05, 0) is 63.2 Å². The van der Waals surface area contributed by atoms with E-state index in [1.54, 1.807) is 4.57 Å². The van der Waals surface area contributed by atoms with Gasteiger partial charge in [-0.3, -0.25) is 19.3 Å². The first-order valence-corrected chi connectivity index (χ1v) is 8.92. The van der Waals surface area contributed by atoms with Crippen molar-refractivity contribution in [2.75, 3.05) is 18.0 Å². The van der Waals surface area contributed by atoms with Gasteiger partial charge in [-0.25, -0.2) is 0 Å². The van der Waals surface area contributed by atoms with Crippen molar-refractivity contribution in [1.29, 1.82) is 0 Å². The van der Waals surface area contributed by atoms with Crippen LogP contribution in [0.25, 0.3) is 0 Å². The molecule has 0 spiro atoms. The van der Waals surface area contributed by atoms with Crippen LogP contribution in [0.5, 0.6) is 5.88 Å². The van der Waals surface area contributed by atoms with Crippen molar-refractivity contribution in [3.8, 4) is 5.88 Å². The first-order valence-electron chi connectivity index (χ1n) is 8.52. The average molecular weight is 358 g/mol. The molecule has 1 aliphatic carbocycles. The van der Waals surface area contributed by atoms with Crippen LogP contribution in [-0.2, 0) is 0 Å². The zero-order valence-electron chi connectivity index (χ0n) is 14.4. The third-order valence-corrected chi connectivity index (χ3v) is 4.68. The Kier molecular flexibility index (Phi) is 5.03. The summed E-state index contributed by atoms with van der Waals surface area (Å²) in [6.45, 7) is 6.11. The van der Waals surface area contributed by atoms with Crippen LogP contribution >= 0.6 is 12.2 Å². The van der Waals surface area contributed by atoms with Crippen molar-refractivity contribution < 1.29 is 5.11 Å². The largest absolute Gasteiger partial charge is 0.494 e. The molecule has 1 aliphatic rings. The van der Waals surface area contributed by atoms with E-state index in [0.29, 0.717) is 0 Å². The maximum absolute atomic E-state index is 12.1. The fraction of sp³-hybridized carbons (Fsp3) is 0.389. The van der Waals surface area contributed by atoms with Gasteiger partial charge in [-0.1, -0.05) is 0 Å². The molecule has 2 N–H and O–H groups in total. The number of aliphatic imine (C=N–C) groups is 1. The van der Waals surface area contributed by atoms with Crippen molar-refractivity contribution in [2.24, 2.45) is 4.99 Å². The van der Waals surface area contributed by atoms with Gasteiger partial charge in [0.2, 0.25) is 5.88 Å². The first-order chi connectivity index (χ1) is 12.0. The lowest BCUT2D eigenvalue weighted by Crippen LogP contribution is -2.21. The summed E-state index contributed by atoms with van der Waals surface area (Å²) in [5, 5.41) is 10.4. The Balaban J connectivity index is 1.88. The van der Waals surface area contributed by atoms with E-state index in [0.717, 1.165) is 37.3 Å². The van der Waals surface area contributed by atoms with E-state index in [1.165, 1.54) is 6.21 Å². The number of hydrogen-bond donors (Lipinski definition) is 2. The summed E-state index contributed by atoms with van der Waals surface area (Å²) < 4.78 is 1.85. The Morgan fingerprint density at radius 3 is 2.52 bits per heavy atom. The minimum atomic E-state index is -0.428. The number of H-pyrrole nitrogens is 1. The van der Waals surface area contributed by atoms with Crippen LogP contribution < -0.4 is 10.5 Å². The van der Waals surface area contributed by atoms with Crippen LogP contribution in [0.1, 0.15) is 38.3 Å². The van der Waals surface area contributed by atoms with E-state index >= 15 is 0 Å². The van der Waals surface area contributed by atoms with Gasteiger partial charge in [-0.15, -0.1) is 0 Å². The van der Waals surface area contributed by atoms with Crippen LogP contribution in [0.2, 0.25) is 0 Å². The predicted octanol–water partition coefficient (Wildman–Crippen LogP) is 3.54. The minimum Gasteiger partial charge on any atom is -0.494 e. The van der Waals surface area contributed by atoms with E-state index in [-0.39, 0.29) is 22.3 Å². The zero-order chi connectivity index (χ0) is 18.0. The number of benzene rings is 1.